The van der Waals surface area contributed by atoms with Gasteiger partial charge in [-0.1, -0.05) is 36.7 Å². The summed E-state index contributed by atoms with van der Waals surface area (Å²) in [6.45, 7) is 6.09. The van der Waals surface area contributed by atoms with Crippen molar-refractivity contribution in [2.75, 3.05) is 13.1 Å². The van der Waals surface area contributed by atoms with E-state index < -0.39 is 0 Å². The first-order valence-electron chi connectivity index (χ1n) is 6.57. The van der Waals surface area contributed by atoms with Crippen LogP contribution in [0.15, 0.2) is 30.5 Å². The summed E-state index contributed by atoms with van der Waals surface area (Å²) in [7, 11) is 0. The van der Waals surface area contributed by atoms with Gasteiger partial charge in [-0.15, -0.1) is 11.3 Å². The average molecular weight is 295 g/mol. The maximum atomic E-state index is 6.33. The van der Waals surface area contributed by atoms with E-state index in [4.69, 9.17) is 11.6 Å². The molecule has 0 spiro atoms. The third-order valence-electron chi connectivity index (χ3n) is 3.10. The highest BCUT2D eigenvalue weighted by Gasteiger charge is 2.16. The third kappa shape index (κ3) is 4.03. The Labute approximate surface area is 123 Å². The largest absolute Gasteiger partial charge is 0.316 e. The maximum Gasteiger partial charge on any atom is 0.0896 e. The number of hydrogen-bond donors (Lipinski definition) is 1. The van der Waals surface area contributed by atoms with Crippen LogP contribution in [0.3, 0.4) is 0 Å². The molecule has 0 bridgehead atoms. The molecule has 1 N–H and O–H groups in total. The number of aromatic nitrogens is 1. The van der Waals surface area contributed by atoms with Crippen molar-refractivity contribution in [1.29, 1.82) is 0 Å². The molecule has 1 aromatic carbocycles. The van der Waals surface area contributed by atoms with Crippen LogP contribution >= 0.6 is 22.9 Å². The Morgan fingerprint density at radius 3 is 2.79 bits per heavy atom. The Morgan fingerprint density at radius 2 is 2.16 bits per heavy atom. The van der Waals surface area contributed by atoms with Gasteiger partial charge in [0.15, 0.2) is 0 Å². The second-order valence-electron chi connectivity index (χ2n) is 4.58. The molecule has 2 nitrogen and oxygen atoms in total. The van der Waals surface area contributed by atoms with Gasteiger partial charge in [0, 0.05) is 28.6 Å². The number of nitrogens with zero attached hydrogens (tertiary/aromatic N) is 1. The predicted molar refractivity (Wildman–Crippen MR) is 83.3 cm³/mol. The molecule has 2 rings (SSSR count). The van der Waals surface area contributed by atoms with E-state index in [1.54, 1.807) is 11.3 Å². The van der Waals surface area contributed by atoms with E-state index in [-0.39, 0.29) is 0 Å². The van der Waals surface area contributed by atoms with E-state index in [0.717, 1.165) is 29.5 Å². The minimum atomic E-state index is 0.397. The molecule has 0 aliphatic carbocycles. The normalized spacial score (nSPS) is 12.6. The summed E-state index contributed by atoms with van der Waals surface area (Å²) in [5.41, 5.74) is 1.22. The number of likely N-dealkylation sites (N-methyl/N-ethyl adjacent to an activating group) is 1. The molecule has 4 heteroatoms. The highest BCUT2D eigenvalue weighted by Crippen LogP contribution is 2.28. The average Bonchev–Trinajstić information content (AvgIpc) is 2.81. The Hall–Kier alpha value is -0.900. The molecule has 1 heterocycles. The first-order chi connectivity index (χ1) is 9.20. The monoisotopic (exact) mass is 294 g/mol. The van der Waals surface area contributed by atoms with Gasteiger partial charge >= 0.3 is 0 Å². The van der Waals surface area contributed by atoms with Crippen LogP contribution in [0.5, 0.6) is 0 Å². The Bertz CT molecular complexity index is 524. The molecule has 0 amide bonds. The van der Waals surface area contributed by atoms with Crippen LogP contribution < -0.4 is 5.32 Å². The van der Waals surface area contributed by atoms with E-state index >= 15 is 0 Å². The number of nitrogens with one attached hydrogen (secondary N) is 1. The quantitative estimate of drug-likeness (QED) is 0.870. The van der Waals surface area contributed by atoms with Gasteiger partial charge < -0.3 is 5.32 Å². The van der Waals surface area contributed by atoms with Gasteiger partial charge in [0.1, 0.15) is 0 Å². The fraction of sp³-hybridized carbons (Fsp3) is 0.400. The lowest BCUT2D eigenvalue weighted by Crippen LogP contribution is -2.22. The number of rotatable bonds is 6. The molecule has 1 unspecified atom stereocenters. The number of thiazole rings is 1. The SMILES string of the molecule is CCNCC(Cc1cnc(C)s1)c1ccccc1Cl. The second kappa shape index (κ2) is 7.04. The fourth-order valence-electron chi connectivity index (χ4n) is 2.16. The Morgan fingerprint density at radius 1 is 1.37 bits per heavy atom. The molecule has 19 heavy (non-hydrogen) atoms. The molecule has 0 saturated heterocycles. The second-order valence-corrected chi connectivity index (χ2v) is 6.30. The van der Waals surface area contributed by atoms with Crippen molar-refractivity contribution >= 4 is 22.9 Å². The summed E-state index contributed by atoms with van der Waals surface area (Å²) in [4.78, 5) is 5.65. The van der Waals surface area contributed by atoms with Crippen molar-refractivity contribution in [2.24, 2.45) is 0 Å². The molecular weight excluding hydrogens is 276 g/mol. The van der Waals surface area contributed by atoms with Crippen molar-refractivity contribution in [3.8, 4) is 0 Å². The smallest absolute Gasteiger partial charge is 0.0896 e. The van der Waals surface area contributed by atoms with Crippen LogP contribution in [0.1, 0.15) is 28.3 Å². The molecule has 102 valence electrons. The zero-order valence-corrected chi connectivity index (χ0v) is 12.9. The lowest BCUT2D eigenvalue weighted by Gasteiger charge is -2.18. The summed E-state index contributed by atoms with van der Waals surface area (Å²) in [5.74, 6) is 0.397. The minimum Gasteiger partial charge on any atom is -0.316 e. The van der Waals surface area contributed by atoms with E-state index in [9.17, 15) is 0 Å². The lowest BCUT2D eigenvalue weighted by molar-refractivity contribution is 0.598. The van der Waals surface area contributed by atoms with Crippen molar-refractivity contribution in [2.45, 2.75) is 26.2 Å². The number of benzene rings is 1. The van der Waals surface area contributed by atoms with Crippen molar-refractivity contribution in [1.82, 2.24) is 10.3 Å². The van der Waals surface area contributed by atoms with Gasteiger partial charge in [0.2, 0.25) is 0 Å². The fourth-order valence-corrected chi connectivity index (χ4v) is 3.32. The summed E-state index contributed by atoms with van der Waals surface area (Å²) in [6, 6.07) is 8.12. The summed E-state index contributed by atoms with van der Waals surface area (Å²) >= 11 is 8.10. The zero-order chi connectivity index (χ0) is 13.7. The first-order valence-corrected chi connectivity index (χ1v) is 7.76. The maximum absolute atomic E-state index is 6.33. The van der Waals surface area contributed by atoms with E-state index in [0.29, 0.717) is 5.92 Å². The van der Waals surface area contributed by atoms with Crippen LogP contribution in [-0.2, 0) is 6.42 Å². The van der Waals surface area contributed by atoms with E-state index in [2.05, 4.69) is 29.4 Å². The topological polar surface area (TPSA) is 24.9 Å². The van der Waals surface area contributed by atoms with Crippen LogP contribution in [0.4, 0.5) is 0 Å². The highest BCUT2D eigenvalue weighted by molar-refractivity contribution is 7.11. The summed E-state index contributed by atoms with van der Waals surface area (Å²) < 4.78 is 0. The Kier molecular flexibility index (Phi) is 5.37. The van der Waals surface area contributed by atoms with Crippen LogP contribution in [-0.4, -0.2) is 18.1 Å². The standard InChI is InChI=1S/C15H19ClN2S/c1-3-17-9-12(8-13-10-18-11(2)19-13)14-6-4-5-7-15(14)16/h4-7,10,12,17H,3,8-9H2,1-2H3. The number of halogens is 1. The van der Waals surface area contributed by atoms with E-state index in [1.165, 1.54) is 10.4 Å². The molecule has 0 fully saturated rings. The molecular formula is C15H19ClN2S. The van der Waals surface area contributed by atoms with Crippen LogP contribution in [0.25, 0.3) is 0 Å². The van der Waals surface area contributed by atoms with Crippen molar-refractivity contribution in [3.05, 3.63) is 50.9 Å². The molecule has 0 radical (unpaired) electrons. The molecule has 1 aromatic heterocycles. The number of aryl methyl sites for hydroxylation is 1. The van der Waals surface area contributed by atoms with Crippen LogP contribution in [0, 0.1) is 6.92 Å². The molecule has 0 aliphatic heterocycles. The summed E-state index contributed by atoms with van der Waals surface area (Å²) in [5, 5.41) is 5.40. The minimum absolute atomic E-state index is 0.397. The van der Waals surface area contributed by atoms with Gasteiger partial charge in [-0.05, 0) is 31.5 Å². The zero-order valence-electron chi connectivity index (χ0n) is 11.3. The molecule has 2 aromatic rings. The number of hydrogen-bond acceptors (Lipinski definition) is 3. The van der Waals surface area contributed by atoms with Gasteiger partial charge in [-0.25, -0.2) is 4.98 Å². The molecule has 0 saturated carbocycles. The highest BCUT2D eigenvalue weighted by atomic mass is 35.5. The first kappa shape index (κ1) is 14.5. The lowest BCUT2D eigenvalue weighted by atomic mass is 9.95. The van der Waals surface area contributed by atoms with Gasteiger partial charge in [0.05, 0.1) is 5.01 Å². The molecule has 1 atom stereocenters. The van der Waals surface area contributed by atoms with Gasteiger partial charge in [-0.3, -0.25) is 0 Å². The van der Waals surface area contributed by atoms with Gasteiger partial charge in [-0.2, -0.15) is 0 Å². The Balaban J connectivity index is 2.18. The van der Waals surface area contributed by atoms with Gasteiger partial charge in [0.25, 0.3) is 0 Å². The van der Waals surface area contributed by atoms with Crippen molar-refractivity contribution < 1.29 is 0 Å². The summed E-state index contributed by atoms with van der Waals surface area (Å²) in [6.07, 6.45) is 2.97. The van der Waals surface area contributed by atoms with Crippen LogP contribution in [0.2, 0.25) is 5.02 Å². The molecule has 0 aliphatic rings. The van der Waals surface area contributed by atoms with E-state index in [1.807, 2.05) is 25.3 Å². The third-order valence-corrected chi connectivity index (χ3v) is 4.38. The van der Waals surface area contributed by atoms with Crippen molar-refractivity contribution in [3.63, 3.8) is 0 Å². The predicted octanol–water partition coefficient (Wildman–Crippen LogP) is 4.04.